The summed E-state index contributed by atoms with van der Waals surface area (Å²) in [5.41, 5.74) is -0.327. The van der Waals surface area contributed by atoms with Crippen molar-refractivity contribution in [2.75, 3.05) is 13.2 Å². The van der Waals surface area contributed by atoms with Gasteiger partial charge in [0.05, 0.1) is 19.1 Å². The molecule has 0 N–H and O–H groups in total. The van der Waals surface area contributed by atoms with Gasteiger partial charge in [0.25, 0.3) is 0 Å². The van der Waals surface area contributed by atoms with Gasteiger partial charge < -0.3 is 9.05 Å². The molecule has 0 aliphatic rings. The van der Waals surface area contributed by atoms with Crippen LogP contribution < -0.4 is 0 Å². The lowest BCUT2D eigenvalue weighted by molar-refractivity contribution is -0.130. The van der Waals surface area contributed by atoms with Gasteiger partial charge in [0, 0.05) is 0 Å². The Bertz CT molecular complexity index is 531. The van der Waals surface area contributed by atoms with Crippen molar-refractivity contribution in [2.24, 2.45) is 5.92 Å². The van der Waals surface area contributed by atoms with E-state index in [-0.39, 0.29) is 24.8 Å². The van der Waals surface area contributed by atoms with Crippen LogP contribution in [0.5, 0.6) is 0 Å². The molecule has 1 unspecified atom stereocenters. The van der Waals surface area contributed by atoms with E-state index in [0.717, 1.165) is 0 Å². The van der Waals surface area contributed by atoms with E-state index in [0.29, 0.717) is 5.56 Å². The molecule has 1 aromatic rings. The van der Waals surface area contributed by atoms with Gasteiger partial charge in [-0.2, -0.15) is 0 Å². The lowest BCUT2D eigenvalue weighted by Crippen LogP contribution is -2.28. The summed E-state index contributed by atoms with van der Waals surface area (Å²) >= 11 is 0. The Morgan fingerprint density at radius 3 is 1.82 bits per heavy atom. The average Bonchev–Trinajstić information content (AvgIpc) is 2.45. The molecule has 22 heavy (non-hydrogen) atoms. The molecule has 0 aliphatic heterocycles. The Morgan fingerprint density at radius 2 is 1.45 bits per heavy atom. The number of carbonyl (C=O) groups excluding carboxylic acids is 2. The molecule has 0 heterocycles. The lowest BCUT2D eigenvalue weighted by atomic mass is 9.92. The molecule has 0 fully saturated rings. The normalized spacial score (nSPS) is 13.1. The highest BCUT2D eigenvalue weighted by Crippen LogP contribution is 2.64. The molecule has 1 aromatic carbocycles. The van der Waals surface area contributed by atoms with E-state index in [1.165, 1.54) is 13.8 Å². The minimum absolute atomic E-state index is 0.170. The highest BCUT2D eigenvalue weighted by Gasteiger charge is 2.46. The maximum Gasteiger partial charge on any atom is 0.339 e. The van der Waals surface area contributed by atoms with Gasteiger partial charge in [0.1, 0.15) is 17.2 Å². The van der Waals surface area contributed by atoms with Crippen LogP contribution in [0.1, 0.15) is 38.9 Å². The monoisotopic (exact) mass is 326 g/mol. The molecule has 1 atom stereocenters. The summed E-state index contributed by atoms with van der Waals surface area (Å²) in [5.74, 6) is -1.74. The van der Waals surface area contributed by atoms with Crippen LogP contribution in [0.3, 0.4) is 0 Å². The number of Topliss-reactive ketones (excluding diaryl/α,β-unsaturated/α-hetero) is 2. The van der Waals surface area contributed by atoms with Crippen molar-refractivity contribution in [3.8, 4) is 0 Å². The number of benzene rings is 1. The second-order valence-electron chi connectivity index (χ2n) is 4.93. The van der Waals surface area contributed by atoms with Crippen molar-refractivity contribution in [3.05, 3.63) is 35.9 Å². The fraction of sp³-hybridized carbons (Fsp3) is 0.500. The van der Waals surface area contributed by atoms with Crippen molar-refractivity contribution in [1.82, 2.24) is 0 Å². The summed E-state index contributed by atoms with van der Waals surface area (Å²) in [6.45, 7) is 6.38. The van der Waals surface area contributed by atoms with Gasteiger partial charge in [-0.05, 0) is 33.3 Å². The predicted molar refractivity (Wildman–Crippen MR) is 84.9 cm³/mol. The summed E-state index contributed by atoms with van der Waals surface area (Å²) in [6.07, 6.45) is 0. The van der Waals surface area contributed by atoms with Gasteiger partial charge in [-0.15, -0.1) is 0 Å². The van der Waals surface area contributed by atoms with E-state index in [1.807, 2.05) is 6.07 Å². The number of carbonyl (C=O) groups is 2. The molecule has 0 bridgehead atoms. The minimum Gasteiger partial charge on any atom is -0.308 e. The number of hydrogen-bond acceptors (Lipinski definition) is 5. The van der Waals surface area contributed by atoms with Crippen molar-refractivity contribution in [2.45, 2.75) is 33.4 Å². The Morgan fingerprint density at radius 1 is 1.00 bits per heavy atom. The van der Waals surface area contributed by atoms with Gasteiger partial charge >= 0.3 is 7.60 Å². The standard InChI is InChI=1S/C16H23O5P/c1-5-20-22(19,21-6-2)16(14-10-8-7-9-11-14)15(12(3)17)13(4)18/h7-11,15-16H,5-6H2,1-4H3. The fourth-order valence-electron chi connectivity index (χ4n) is 2.50. The largest absolute Gasteiger partial charge is 0.339 e. The van der Waals surface area contributed by atoms with Crippen molar-refractivity contribution in [1.29, 1.82) is 0 Å². The van der Waals surface area contributed by atoms with Crippen LogP contribution in [0, 0.1) is 5.92 Å². The molecule has 0 spiro atoms. The first-order chi connectivity index (χ1) is 10.4. The quantitative estimate of drug-likeness (QED) is 0.510. The number of hydrogen-bond donors (Lipinski definition) is 0. The smallest absolute Gasteiger partial charge is 0.308 e. The maximum atomic E-state index is 13.2. The topological polar surface area (TPSA) is 69.7 Å². The van der Waals surface area contributed by atoms with Crippen LogP contribution in [-0.4, -0.2) is 24.8 Å². The Balaban J connectivity index is 3.47. The SMILES string of the molecule is CCOP(=O)(OCC)C(c1ccccc1)C(C(C)=O)C(C)=O. The van der Waals surface area contributed by atoms with Gasteiger partial charge in [0.15, 0.2) is 0 Å². The highest BCUT2D eigenvalue weighted by molar-refractivity contribution is 7.54. The van der Waals surface area contributed by atoms with Gasteiger partial charge in [-0.1, -0.05) is 30.3 Å². The number of ketones is 2. The van der Waals surface area contributed by atoms with Crippen LogP contribution in [0.15, 0.2) is 30.3 Å². The maximum absolute atomic E-state index is 13.2. The fourth-order valence-corrected chi connectivity index (χ4v) is 4.93. The third-order valence-corrected chi connectivity index (χ3v) is 5.81. The van der Waals surface area contributed by atoms with Crippen molar-refractivity contribution in [3.63, 3.8) is 0 Å². The zero-order valence-electron chi connectivity index (χ0n) is 13.4. The molecule has 0 saturated heterocycles. The molecule has 1 rings (SSSR count). The molecule has 6 heteroatoms. The van der Waals surface area contributed by atoms with E-state index in [4.69, 9.17) is 9.05 Å². The Labute approximate surface area is 131 Å². The molecule has 0 radical (unpaired) electrons. The predicted octanol–water partition coefficient (Wildman–Crippen LogP) is 3.79. The van der Waals surface area contributed by atoms with E-state index in [2.05, 4.69) is 0 Å². The highest BCUT2D eigenvalue weighted by atomic mass is 31.2. The van der Waals surface area contributed by atoms with Gasteiger partial charge in [-0.25, -0.2) is 0 Å². The van der Waals surface area contributed by atoms with Crippen LogP contribution in [0.4, 0.5) is 0 Å². The van der Waals surface area contributed by atoms with Crippen LogP contribution >= 0.6 is 7.60 Å². The summed E-state index contributed by atoms with van der Waals surface area (Å²) in [5, 5.41) is 0. The van der Waals surface area contributed by atoms with Gasteiger partial charge in [-0.3, -0.25) is 14.2 Å². The average molecular weight is 326 g/mol. The summed E-state index contributed by atoms with van der Waals surface area (Å²) in [6, 6.07) is 8.80. The van der Waals surface area contributed by atoms with Crippen molar-refractivity contribution < 1.29 is 23.2 Å². The van der Waals surface area contributed by atoms with Crippen LogP contribution in [0.25, 0.3) is 0 Å². The van der Waals surface area contributed by atoms with E-state index in [1.54, 1.807) is 38.1 Å². The Hall–Kier alpha value is -1.29. The Kier molecular flexibility index (Phi) is 7.14. The second-order valence-corrected chi connectivity index (χ2v) is 7.08. The third-order valence-electron chi connectivity index (χ3n) is 3.29. The van der Waals surface area contributed by atoms with E-state index < -0.39 is 19.2 Å². The van der Waals surface area contributed by atoms with Gasteiger partial charge in [0.2, 0.25) is 0 Å². The summed E-state index contributed by atoms with van der Waals surface area (Å²) < 4.78 is 24.0. The minimum atomic E-state index is -3.66. The molecule has 5 nitrogen and oxygen atoms in total. The van der Waals surface area contributed by atoms with Crippen LogP contribution in [-0.2, 0) is 23.2 Å². The summed E-state index contributed by atoms with van der Waals surface area (Å²) in [7, 11) is -3.66. The zero-order valence-corrected chi connectivity index (χ0v) is 14.3. The molecule has 0 aliphatic carbocycles. The van der Waals surface area contributed by atoms with Crippen LogP contribution in [0.2, 0.25) is 0 Å². The number of rotatable bonds is 9. The first-order valence-corrected chi connectivity index (χ1v) is 8.93. The molecule has 122 valence electrons. The lowest BCUT2D eigenvalue weighted by Gasteiger charge is -2.30. The molecule has 0 saturated carbocycles. The molecular weight excluding hydrogens is 303 g/mol. The van der Waals surface area contributed by atoms with E-state index in [9.17, 15) is 14.2 Å². The van der Waals surface area contributed by atoms with E-state index >= 15 is 0 Å². The van der Waals surface area contributed by atoms with Crippen molar-refractivity contribution >= 4 is 19.2 Å². The second kappa shape index (κ2) is 8.37. The summed E-state index contributed by atoms with van der Waals surface area (Å²) in [4.78, 5) is 24.0. The molecule has 0 aromatic heterocycles. The first-order valence-electron chi connectivity index (χ1n) is 7.32. The molecular formula is C16H23O5P. The third kappa shape index (κ3) is 4.35. The molecule has 0 amide bonds. The zero-order chi connectivity index (χ0) is 16.8. The first kappa shape index (κ1) is 18.8.